The van der Waals surface area contributed by atoms with Gasteiger partial charge >= 0.3 is 12.0 Å². The van der Waals surface area contributed by atoms with E-state index in [0.29, 0.717) is 12.6 Å². The maximum Gasteiger partial charge on any atom is 0.334 e. The number of morpholine rings is 1. The lowest BCUT2D eigenvalue weighted by molar-refractivity contribution is -0.154. The van der Waals surface area contributed by atoms with Gasteiger partial charge in [-0.2, -0.15) is 0 Å². The maximum atomic E-state index is 11.8. The number of hydrogen-bond donors (Lipinski definition) is 3. The van der Waals surface area contributed by atoms with E-state index in [1.54, 1.807) is 0 Å². The van der Waals surface area contributed by atoms with Crippen LogP contribution in [-0.4, -0.2) is 66.3 Å². The number of aliphatic carboxylic acids is 1. The van der Waals surface area contributed by atoms with Crippen LogP contribution in [0.3, 0.4) is 0 Å². The molecule has 0 aromatic heterocycles. The van der Waals surface area contributed by atoms with Gasteiger partial charge in [-0.05, 0) is 12.8 Å². The number of nitrogens with one attached hydrogen (secondary N) is 2. The van der Waals surface area contributed by atoms with Gasteiger partial charge in [0, 0.05) is 25.6 Å². The fourth-order valence-electron chi connectivity index (χ4n) is 1.91. The summed E-state index contributed by atoms with van der Waals surface area (Å²) < 4.78 is 5.03. The van der Waals surface area contributed by atoms with Gasteiger partial charge in [-0.3, -0.25) is 4.79 Å². The molecule has 2 rings (SSSR count). The summed E-state index contributed by atoms with van der Waals surface area (Å²) in [6.45, 7) is 0.818. The van der Waals surface area contributed by atoms with E-state index in [1.165, 1.54) is 4.90 Å². The van der Waals surface area contributed by atoms with Gasteiger partial charge in [-0.1, -0.05) is 0 Å². The van der Waals surface area contributed by atoms with Crippen LogP contribution in [0.15, 0.2) is 0 Å². The van der Waals surface area contributed by atoms with Crippen LogP contribution in [-0.2, 0) is 14.3 Å². The molecule has 1 heterocycles. The van der Waals surface area contributed by atoms with Gasteiger partial charge in [-0.25, -0.2) is 9.59 Å². The zero-order valence-corrected chi connectivity index (χ0v) is 11.1. The molecule has 0 radical (unpaired) electrons. The number of ether oxygens (including phenoxy) is 1. The summed E-state index contributed by atoms with van der Waals surface area (Å²) in [5.41, 5.74) is 0. The predicted octanol–water partition coefficient (Wildman–Crippen LogP) is -0.850. The number of carbonyl (C=O) groups is 3. The Morgan fingerprint density at radius 3 is 2.70 bits per heavy atom. The summed E-state index contributed by atoms with van der Waals surface area (Å²) in [6, 6.07) is -0.0486. The number of hydrogen-bond acceptors (Lipinski definition) is 4. The fraction of sp³-hybridized carbons (Fsp3) is 0.750. The summed E-state index contributed by atoms with van der Waals surface area (Å²) in [4.78, 5) is 35.4. The molecular formula is C12H19N3O5. The van der Waals surface area contributed by atoms with Crippen LogP contribution in [0.4, 0.5) is 4.79 Å². The number of rotatable bonds is 5. The Hall–Kier alpha value is -1.83. The smallest absolute Gasteiger partial charge is 0.334 e. The highest BCUT2D eigenvalue weighted by molar-refractivity contribution is 5.79. The second kappa shape index (κ2) is 6.56. The molecule has 3 amide bonds. The zero-order chi connectivity index (χ0) is 14.5. The lowest BCUT2D eigenvalue weighted by Gasteiger charge is -2.30. The van der Waals surface area contributed by atoms with Crippen molar-refractivity contribution < 1.29 is 24.2 Å². The number of carboxylic acids is 1. The topological polar surface area (TPSA) is 108 Å². The van der Waals surface area contributed by atoms with Crippen LogP contribution in [0, 0.1) is 0 Å². The van der Waals surface area contributed by atoms with Gasteiger partial charge in [0.1, 0.15) is 0 Å². The highest BCUT2D eigenvalue weighted by Crippen LogP contribution is 2.18. The Morgan fingerprint density at radius 2 is 2.05 bits per heavy atom. The van der Waals surface area contributed by atoms with E-state index in [0.717, 1.165) is 12.8 Å². The lowest BCUT2D eigenvalue weighted by atomic mass is 10.3. The minimum absolute atomic E-state index is 0.0233. The predicted molar refractivity (Wildman–Crippen MR) is 68.1 cm³/mol. The summed E-state index contributed by atoms with van der Waals surface area (Å²) in [5.74, 6) is -1.15. The summed E-state index contributed by atoms with van der Waals surface area (Å²) in [5, 5.41) is 14.3. The van der Waals surface area contributed by atoms with Gasteiger partial charge in [0.2, 0.25) is 5.91 Å². The molecule has 1 saturated carbocycles. The van der Waals surface area contributed by atoms with E-state index < -0.39 is 12.1 Å². The molecule has 1 aliphatic heterocycles. The third kappa shape index (κ3) is 4.37. The first-order chi connectivity index (χ1) is 9.56. The molecule has 1 saturated heterocycles. The molecule has 1 aliphatic carbocycles. The van der Waals surface area contributed by atoms with Crippen LogP contribution in [0.5, 0.6) is 0 Å². The van der Waals surface area contributed by atoms with Crippen molar-refractivity contribution in [3.8, 4) is 0 Å². The monoisotopic (exact) mass is 285 g/mol. The van der Waals surface area contributed by atoms with Crippen molar-refractivity contribution in [2.45, 2.75) is 31.4 Å². The molecule has 0 aromatic carbocycles. The first-order valence-electron chi connectivity index (χ1n) is 6.73. The Balaban J connectivity index is 1.65. The molecule has 8 heteroatoms. The second-order valence-electron chi connectivity index (χ2n) is 4.97. The largest absolute Gasteiger partial charge is 0.479 e. The van der Waals surface area contributed by atoms with E-state index in [2.05, 4.69) is 10.6 Å². The van der Waals surface area contributed by atoms with Gasteiger partial charge < -0.3 is 25.4 Å². The molecule has 1 unspecified atom stereocenters. The highest BCUT2D eigenvalue weighted by Gasteiger charge is 2.29. The molecule has 0 aromatic rings. The summed E-state index contributed by atoms with van der Waals surface area (Å²) >= 11 is 0. The van der Waals surface area contributed by atoms with E-state index in [1.807, 2.05) is 0 Å². The molecule has 0 bridgehead atoms. The SMILES string of the molecule is O=C(CCNC(=O)N1CCOC(C(=O)O)C1)NC1CC1. The average molecular weight is 285 g/mol. The quantitative estimate of drug-likeness (QED) is 0.610. The Kier molecular flexibility index (Phi) is 4.78. The second-order valence-corrected chi connectivity index (χ2v) is 4.97. The molecule has 2 aliphatic rings. The first kappa shape index (κ1) is 14.6. The molecule has 8 nitrogen and oxygen atoms in total. The third-order valence-corrected chi connectivity index (χ3v) is 3.20. The molecule has 3 N–H and O–H groups in total. The molecule has 0 spiro atoms. The Labute approximate surface area is 116 Å². The Morgan fingerprint density at radius 1 is 1.30 bits per heavy atom. The summed E-state index contributed by atoms with van der Waals surface area (Å²) in [7, 11) is 0. The van der Waals surface area contributed by atoms with E-state index in [-0.39, 0.29) is 38.1 Å². The van der Waals surface area contributed by atoms with Crippen LogP contribution in [0.25, 0.3) is 0 Å². The highest BCUT2D eigenvalue weighted by atomic mass is 16.5. The maximum absolute atomic E-state index is 11.8. The minimum Gasteiger partial charge on any atom is -0.479 e. The van der Waals surface area contributed by atoms with Crippen LogP contribution in [0.1, 0.15) is 19.3 Å². The molecule has 2 fully saturated rings. The van der Waals surface area contributed by atoms with Crippen molar-refractivity contribution in [1.82, 2.24) is 15.5 Å². The standard InChI is InChI=1S/C12H19N3O5/c16-10(14-8-1-2-8)3-4-13-12(19)15-5-6-20-9(7-15)11(17)18/h8-9H,1-7H2,(H,13,19)(H,14,16)(H,17,18). The normalized spacial score (nSPS) is 22.2. The van der Waals surface area contributed by atoms with Crippen LogP contribution < -0.4 is 10.6 Å². The molecule has 20 heavy (non-hydrogen) atoms. The number of nitrogens with zero attached hydrogens (tertiary/aromatic N) is 1. The van der Waals surface area contributed by atoms with Crippen molar-refractivity contribution >= 4 is 17.9 Å². The molecule has 1 atom stereocenters. The van der Waals surface area contributed by atoms with Crippen molar-refractivity contribution in [2.75, 3.05) is 26.2 Å². The summed E-state index contributed by atoms with van der Waals surface area (Å²) in [6.07, 6.45) is 1.31. The number of amides is 3. The van der Waals surface area contributed by atoms with Crippen molar-refractivity contribution in [3.63, 3.8) is 0 Å². The van der Waals surface area contributed by atoms with Crippen molar-refractivity contribution in [3.05, 3.63) is 0 Å². The van der Waals surface area contributed by atoms with Crippen molar-refractivity contribution in [1.29, 1.82) is 0 Å². The Bertz CT molecular complexity index is 397. The molecular weight excluding hydrogens is 266 g/mol. The number of urea groups is 1. The van der Waals surface area contributed by atoms with E-state index >= 15 is 0 Å². The van der Waals surface area contributed by atoms with Gasteiger partial charge in [0.05, 0.1) is 13.2 Å². The number of carbonyl (C=O) groups excluding carboxylic acids is 2. The number of carboxylic acid groups (broad SMARTS) is 1. The van der Waals surface area contributed by atoms with Gasteiger partial charge in [0.25, 0.3) is 0 Å². The van der Waals surface area contributed by atoms with Gasteiger partial charge in [0.15, 0.2) is 6.10 Å². The average Bonchev–Trinajstić information content (AvgIpc) is 3.22. The van der Waals surface area contributed by atoms with E-state index in [4.69, 9.17) is 9.84 Å². The minimum atomic E-state index is -1.08. The van der Waals surface area contributed by atoms with Crippen LogP contribution in [0.2, 0.25) is 0 Å². The molecule has 112 valence electrons. The van der Waals surface area contributed by atoms with E-state index in [9.17, 15) is 14.4 Å². The first-order valence-corrected chi connectivity index (χ1v) is 6.73. The van der Waals surface area contributed by atoms with Crippen molar-refractivity contribution in [2.24, 2.45) is 0 Å². The van der Waals surface area contributed by atoms with Gasteiger partial charge in [-0.15, -0.1) is 0 Å². The third-order valence-electron chi connectivity index (χ3n) is 3.20. The lowest BCUT2D eigenvalue weighted by Crippen LogP contribution is -2.52. The fourth-order valence-corrected chi connectivity index (χ4v) is 1.91. The zero-order valence-electron chi connectivity index (χ0n) is 11.1. The van der Waals surface area contributed by atoms with Crippen LogP contribution >= 0.6 is 0 Å².